The van der Waals surface area contributed by atoms with Gasteiger partial charge in [0.15, 0.2) is 11.5 Å². The van der Waals surface area contributed by atoms with Crippen molar-refractivity contribution in [3.05, 3.63) is 65.0 Å². The molecule has 2 aliphatic rings. The number of nitrogens with one attached hydrogen (secondary N) is 1. The van der Waals surface area contributed by atoms with Gasteiger partial charge in [0, 0.05) is 23.2 Å². The van der Waals surface area contributed by atoms with E-state index in [0.29, 0.717) is 22.6 Å². The Bertz CT molecular complexity index is 1230. The van der Waals surface area contributed by atoms with Crippen LogP contribution in [0.2, 0.25) is 0 Å². The normalized spacial score (nSPS) is 17.2. The van der Waals surface area contributed by atoms with Gasteiger partial charge in [-0.15, -0.1) is 0 Å². The molecule has 32 heavy (non-hydrogen) atoms. The zero-order chi connectivity index (χ0) is 22.3. The fourth-order valence-corrected chi connectivity index (χ4v) is 5.40. The highest BCUT2D eigenvalue weighted by Gasteiger charge is 2.37. The van der Waals surface area contributed by atoms with E-state index in [1.165, 1.54) is 12.0 Å². The molecule has 0 unspecified atom stereocenters. The number of fused-ring (bicyclic) bond motifs is 2. The molecule has 2 amide bonds. The Morgan fingerprint density at radius 2 is 1.62 bits per heavy atom. The van der Waals surface area contributed by atoms with Crippen molar-refractivity contribution in [3.63, 3.8) is 0 Å². The number of aromatic nitrogens is 1. The molecule has 164 valence electrons. The highest BCUT2D eigenvalue weighted by atomic mass is 16.5. The molecule has 0 atom stereocenters. The Hall–Kier alpha value is -3.41. The Morgan fingerprint density at radius 1 is 0.906 bits per heavy atom. The van der Waals surface area contributed by atoms with Gasteiger partial charge in [0.2, 0.25) is 0 Å². The third-order valence-electron chi connectivity index (χ3n) is 6.99. The molecular weight excluding hydrogens is 404 g/mol. The molecule has 1 aliphatic heterocycles. The number of amides is 2. The van der Waals surface area contributed by atoms with Crippen LogP contribution in [0.5, 0.6) is 11.5 Å². The van der Waals surface area contributed by atoms with Crippen molar-refractivity contribution in [2.75, 3.05) is 14.2 Å². The Labute approximate surface area is 186 Å². The summed E-state index contributed by atoms with van der Waals surface area (Å²) in [5, 5.41) is 4.53. The second-order valence-electron chi connectivity index (χ2n) is 8.80. The SMILES string of the molecule is COc1cc2cncc(C3(Cc4ccc5c(c4)C(=O)NC5=O)CCCCC3)c2cc1OC. The molecule has 6 heteroatoms. The number of hydrogen-bond acceptors (Lipinski definition) is 5. The number of hydrogen-bond donors (Lipinski definition) is 1. The highest BCUT2D eigenvalue weighted by molar-refractivity contribution is 6.21. The van der Waals surface area contributed by atoms with E-state index in [-0.39, 0.29) is 17.2 Å². The maximum absolute atomic E-state index is 12.2. The van der Waals surface area contributed by atoms with Gasteiger partial charge in [-0.05, 0) is 60.0 Å². The molecule has 6 nitrogen and oxygen atoms in total. The average molecular weight is 431 g/mol. The summed E-state index contributed by atoms with van der Waals surface area (Å²) in [6.45, 7) is 0. The van der Waals surface area contributed by atoms with E-state index in [2.05, 4.69) is 16.4 Å². The monoisotopic (exact) mass is 430 g/mol. The largest absolute Gasteiger partial charge is 0.493 e. The minimum atomic E-state index is -0.316. The molecular formula is C26H26N2O4. The number of ether oxygens (including phenoxy) is 2. The van der Waals surface area contributed by atoms with Crippen LogP contribution in [-0.4, -0.2) is 31.0 Å². The number of nitrogens with zero attached hydrogens (tertiary/aromatic N) is 1. The van der Waals surface area contributed by atoms with Crippen LogP contribution < -0.4 is 14.8 Å². The molecule has 1 aromatic heterocycles. The molecule has 0 bridgehead atoms. The molecule has 2 aromatic carbocycles. The molecule has 1 N–H and O–H groups in total. The lowest BCUT2D eigenvalue weighted by molar-refractivity contribution is 0.0879. The minimum Gasteiger partial charge on any atom is -0.493 e. The van der Waals surface area contributed by atoms with Crippen LogP contribution in [0.15, 0.2) is 42.7 Å². The number of methoxy groups -OCH3 is 2. The second kappa shape index (κ2) is 7.93. The zero-order valence-corrected chi connectivity index (χ0v) is 18.4. The lowest BCUT2D eigenvalue weighted by Gasteiger charge is -2.39. The lowest BCUT2D eigenvalue weighted by atomic mass is 9.65. The average Bonchev–Trinajstić information content (AvgIpc) is 3.11. The molecule has 0 radical (unpaired) electrons. The van der Waals surface area contributed by atoms with Crippen molar-refractivity contribution < 1.29 is 19.1 Å². The second-order valence-corrected chi connectivity index (χ2v) is 8.80. The summed E-state index contributed by atoms with van der Waals surface area (Å²) in [6, 6.07) is 9.67. The summed E-state index contributed by atoms with van der Waals surface area (Å²) >= 11 is 0. The van der Waals surface area contributed by atoms with Crippen molar-refractivity contribution in [1.82, 2.24) is 10.3 Å². The van der Waals surface area contributed by atoms with E-state index in [1.54, 1.807) is 20.3 Å². The summed E-state index contributed by atoms with van der Waals surface area (Å²) in [5.74, 6) is 0.758. The standard InChI is InChI=1S/C26H26N2O4/c1-31-22-11-17-14-27-15-21(19(17)12-23(22)32-2)26(8-4-3-5-9-26)13-16-6-7-18-20(10-16)25(30)28-24(18)29/h6-7,10-12,14-15H,3-5,8-9,13H2,1-2H3,(H,28,29,30). The van der Waals surface area contributed by atoms with Gasteiger partial charge >= 0.3 is 0 Å². The van der Waals surface area contributed by atoms with Gasteiger partial charge in [-0.25, -0.2) is 0 Å². The van der Waals surface area contributed by atoms with Crippen LogP contribution in [-0.2, 0) is 11.8 Å². The van der Waals surface area contributed by atoms with E-state index in [4.69, 9.17) is 9.47 Å². The van der Waals surface area contributed by atoms with Crippen LogP contribution in [0.25, 0.3) is 10.8 Å². The molecule has 1 saturated carbocycles. The van der Waals surface area contributed by atoms with Gasteiger partial charge in [0.25, 0.3) is 11.8 Å². The lowest BCUT2D eigenvalue weighted by Crippen LogP contribution is -2.32. The summed E-state index contributed by atoms with van der Waals surface area (Å²) in [7, 11) is 3.29. The van der Waals surface area contributed by atoms with Crippen LogP contribution in [0.4, 0.5) is 0 Å². The van der Waals surface area contributed by atoms with Gasteiger partial charge in [0.05, 0.1) is 25.3 Å². The van der Waals surface area contributed by atoms with Crippen molar-refractivity contribution >= 4 is 22.6 Å². The topological polar surface area (TPSA) is 77.5 Å². The molecule has 1 aliphatic carbocycles. The van der Waals surface area contributed by atoms with Crippen molar-refractivity contribution in [3.8, 4) is 11.5 Å². The highest BCUT2D eigenvalue weighted by Crippen LogP contribution is 2.46. The Balaban J connectivity index is 1.63. The number of rotatable bonds is 5. The number of carbonyl (C=O) groups is 2. The first-order chi connectivity index (χ1) is 15.5. The van der Waals surface area contributed by atoms with Gasteiger partial charge < -0.3 is 9.47 Å². The van der Waals surface area contributed by atoms with Crippen molar-refractivity contribution in [2.24, 2.45) is 0 Å². The summed E-state index contributed by atoms with van der Waals surface area (Å²) in [5.41, 5.74) is 3.10. The van der Waals surface area contributed by atoms with Gasteiger partial charge in [-0.1, -0.05) is 25.3 Å². The molecule has 0 spiro atoms. The zero-order valence-electron chi connectivity index (χ0n) is 18.4. The number of benzene rings is 2. The van der Waals surface area contributed by atoms with E-state index in [1.807, 2.05) is 30.6 Å². The first kappa shape index (κ1) is 20.5. The van der Waals surface area contributed by atoms with Crippen LogP contribution in [0.3, 0.4) is 0 Å². The van der Waals surface area contributed by atoms with E-state index >= 15 is 0 Å². The van der Waals surface area contributed by atoms with E-state index in [0.717, 1.165) is 48.4 Å². The minimum absolute atomic E-state index is 0.0995. The fraction of sp³-hybridized carbons (Fsp3) is 0.346. The predicted octanol–water partition coefficient (Wildman–Crippen LogP) is 4.58. The Kier molecular flexibility index (Phi) is 5.08. The molecule has 0 saturated heterocycles. The van der Waals surface area contributed by atoms with Gasteiger partial charge in [-0.3, -0.25) is 19.9 Å². The van der Waals surface area contributed by atoms with Gasteiger partial charge in [-0.2, -0.15) is 0 Å². The van der Waals surface area contributed by atoms with Crippen LogP contribution in [0.1, 0.15) is 63.9 Å². The number of imide groups is 1. The van der Waals surface area contributed by atoms with Gasteiger partial charge in [0.1, 0.15) is 0 Å². The number of carbonyl (C=O) groups excluding carboxylic acids is 2. The maximum Gasteiger partial charge on any atom is 0.258 e. The summed E-state index contributed by atoms with van der Waals surface area (Å²) < 4.78 is 11.1. The molecule has 1 fully saturated rings. The third kappa shape index (κ3) is 3.30. The predicted molar refractivity (Wildman–Crippen MR) is 122 cm³/mol. The first-order valence-corrected chi connectivity index (χ1v) is 11.0. The van der Waals surface area contributed by atoms with E-state index < -0.39 is 0 Å². The fourth-order valence-electron chi connectivity index (χ4n) is 5.40. The third-order valence-corrected chi connectivity index (χ3v) is 6.99. The quantitative estimate of drug-likeness (QED) is 0.600. The maximum atomic E-state index is 12.2. The molecule has 5 rings (SSSR count). The van der Waals surface area contributed by atoms with Crippen molar-refractivity contribution in [1.29, 1.82) is 0 Å². The summed E-state index contributed by atoms with van der Waals surface area (Å²) in [4.78, 5) is 28.7. The van der Waals surface area contributed by atoms with Crippen LogP contribution >= 0.6 is 0 Å². The molecule has 3 aromatic rings. The smallest absolute Gasteiger partial charge is 0.258 e. The van der Waals surface area contributed by atoms with Crippen LogP contribution in [0, 0.1) is 0 Å². The summed E-state index contributed by atoms with van der Waals surface area (Å²) in [6.07, 6.45) is 10.2. The first-order valence-electron chi connectivity index (χ1n) is 11.0. The van der Waals surface area contributed by atoms with Crippen molar-refractivity contribution in [2.45, 2.75) is 43.9 Å². The Morgan fingerprint density at radius 3 is 2.38 bits per heavy atom. The molecule has 2 heterocycles. The number of pyridine rings is 1. The van der Waals surface area contributed by atoms with E-state index in [9.17, 15) is 9.59 Å².